The van der Waals surface area contributed by atoms with Crippen LogP contribution in [0.15, 0.2) is 48.5 Å². The van der Waals surface area contributed by atoms with Crippen LogP contribution >= 0.6 is 0 Å². The first-order valence-electron chi connectivity index (χ1n) is 8.55. The number of benzene rings is 2. The molecule has 0 saturated heterocycles. The minimum absolute atomic E-state index is 0.00220. The Morgan fingerprint density at radius 2 is 1.81 bits per heavy atom. The first kappa shape index (κ1) is 16.5. The number of carbonyl (C=O) groups is 3. The molecule has 1 heterocycles. The van der Waals surface area contributed by atoms with Crippen LogP contribution < -0.4 is 10.6 Å². The second kappa shape index (κ2) is 6.07. The molecule has 6 nitrogen and oxygen atoms in total. The highest BCUT2D eigenvalue weighted by molar-refractivity contribution is 6.09. The second-order valence-electron chi connectivity index (χ2n) is 6.80. The van der Waals surface area contributed by atoms with Gasteiger partial charge < -0.3 is 15.7 Å². The number of amides is 2. The number of ketones is 1. The van der Waals surface area contributed by atoms with Crippen LogP contribution in [0.3, 0.4) is 0 Å². The lowest BCUT2D eigenvalue weighted by Gasteiger charge is -2.20. The quantitative estimate of drug-likeness (QED) is 0.722. The van der Waals surface area contributed by atoms with E-state index in [9.17, 15) is 19.5 Å². The van der Waals surface area contributed by atoms with Gasteiger partial charge in [-0.25, -0.2) is 0 Å². The lowest BCUT2D eigenvalue weighted by atomic mass is 9.88. The van der Waals surface area contributed by atoms with Gasteiger partial charge in [0.05, 0.1) is 6.42 Å². The number of hydrogen-bond donors (Lipinski definition) is 3. The number of fused-ring (bicyclic) bond motifs is 1. The van der Waals surface area contributed by atoms with Crippen molar-refractivity contribution < 1.29 is 19.5 Å². The summed E-state index contributed by atoms with van der Waals surface area (Å²) in [6, 6.07) is 13.3. The summed E-state index contributed by atoms with van der Waals surface area (Å²) in [7, 11) is 0. The zero-order valence-corrected chi connectivity index (χ0v) is 14.0. The molecule has 26 heavy (non-hydrogen) atoms. The predicted molar refractivity (Wildman–Crippen MR) is 95.7 cm³/mol. The van der Waals surface area contributed by atoms with Gasteiger partial charge in [0.25, 0.3) is 5.91 Å². The first-order chi connectivity index (χ1) is 12.5. The number of anilines is 2. The molecule has 1 unspecified atom stereocenters. The van der Waals surface area contributed by atoms with Gasteiger partial charge in [-0.1, -0.05) is 18.2 Å². The Kier molecular flexibility index (Phi) is 3.85. The highest BCUT2D eigenvalue weighted by Crippen LogP contribution is 2.38. The van der Waals surface area contributed by atoms with Crippen molar-refractivity contribution in [3.8, 4) is 0 Å². The lowest BCUT2D eigenvalue weighted by molar-refractivity contribution is -0.133. The molecule has 2 amide bonds. The molecule has 1 saturated carbocycles. The Morgan fingerprint density at radius 3 is 2.50 bits per heavy atom. The summed E-state index contributed by atoms with van der Waals surface area (Å²) in [5.74, 6) is -0.844. The summed E-state index contributed by atoms with van der Waals surface area (Å²) in [4.78, 5) is 36.6. The molecule has 1 atom stereocenters. The van der Waals surface area contributed by atoms with Crippen LogP contribution in [0.4, 0.5) is 11.4 Å². The Hall–Kier alpha value is -2.99. The van der Waals surface area contributed by atoms with Crippen molar-refractivity contribution in [1.82, 2.24) is 0 Å². The molecule has 0 radical (unpaired) electrons. The Bertz CT molecular complexity index is 902. The van der Waals surface area contributed by atoms with Crippen molar-refractivity contribution in [2.45, 2.75) is 24.9 Å². The fourth-order valence-electron chi connectivity index (χ4n) is 3.14. The van der Waals surface area contributed by atoms with E-state index in [1.54, 1.807) is 48.5 Å². The van der Waals surface area contributed by atoms with E-state index in [-0.39, 0.29) is 24.0 Å². The lowest BCUT2D eigenvalue weighted by Crippen LogP contribution is -2.36. The third kappa shape index (κ3) is 2.88. The third-order valence-corrected chi connectivity index (χ3v) is 4.84. The van der Waals surface area contributed by atoms with Gasteiger partial charge in [0.1, 0.15) is 0 Å². The maximum Gasteiger partial charge on any atom is 0.261 e. The number of aliphatic hydroxyl groups is 1. The summed E-state index contributed by atoms with van der Waals surface area (Å²) in [6.45, 7) is 0. The smallest absolute Gasteiger partial charge is 0.261 e. The van der Waals surface area contributed by atoms with Crippen molar-refractivity contribution in [2.24, 2.45) is 5.92 Å². The number of rotatable bonds is 5. The molecule has 0 spiro atoms. The molecule has 6 heteroatoms. The molecule has 1 aliphatic heterocycles. The summed E-state index contributed by atoms with van der Waals surface area (Å²) >= 11 is 0. The van der Waals surface area contributed by atoms with Gasteiger partial charge in [-0.2, -0.15) is 0 Å². The maximum atomic E-state index is 12.6. The van der Waals surface area contributed by atoms with Crippen LogP contribution in [0.1, 0.15) is 35.2 Å². The molecule has 0 aromatic heterocycles. The first-order valence-corrected chi connectivity index (χ1v) is 8.55. The van der Waals surface area contributed by atoms with E-state index in [0.717, 1.165) is 12.8 Å². The van der Waals surface area contributed by atoms with E-state index >= 15 is 0 Å². The van der Waals surface area contributed by atoms with Crippen molar-refractivity contribution >= 4 is 29.0 Å². The summed E-state index contributed by atoms with van der Waals surface area (Å²) in [5.41, 5.74) is 0.0609. The zero-order chi connectivity index (χ0) is 18.3. The van der Waals surface area contributed by atoms with E-state index in [1.807, 2.05) is 0 Å². The molecular weight excluding hydrogens is 332 g/mol. The van der Waals surface area contributed by atoms with Gasteiger partial charge in [0.15, 0.2) is 11.4 Å². The molecule has 0 bridgehead atoms. The molecule has 2 aliphatic rings. The molecule has 2 aromatic carbocycles. The number of carbonyl (C=O) groups excluding carboxylic acids is 3. The van der Waals surface area contributed by atoms with E-state index in [4.69, 9.17) is 0 Å². The largest absolute Gasteiger partial charge is 0.375 e. The van der Waals surface area contributed by atoms with E-state index in [2.05, 4.69) is 10.6 Å². The second-order valence-corrected chi connectivity index (χ2v) is 6.80. The van der Waals surface area contributed by atoms with Crippen molar-refractivity contribution in [3.05, 3.63) is 59.7 Å². The number of hydrogen-bond acceptors (Lipinski definition) is 4. The number of Topliss-reactive ketones (excluding diaryl/α,β-unsaturated/α-hetero) is 1. The Balaban J connectivity index is 1.49. The van der Waals surface area contributed by atoms with Gasteiger partial charge >= 0.3 is 0 Å². The summed E-state index contributed by atoms with van der Waals surface area (Å²) < 4.78 is 0. The van der Waals surface area contributed by atoms with Crippen molar-refractivity contribution in [3.63, 3.8) is 0 Å². The average molecular weight is 350 g/mol. The Labute approximate surface area is 150 Å². The molecule has 132 valence electrons. The Morgan fingerprint density at radius 1 is 1.12 bits per heavy atom. The van der Waals surface area contributed by atoms with Crippen LogP contribution in [-0.4, -0.2) is 22.7 Å². The topological polar surface area (TPSA) is 95.5 Å². The van der Waals surface area contributed by atoms with E-state index in [0.29, 0.717) is 22.5 Å². The van der Waals surface area contributed by atoms with Gasteiger partial charge in [-0.3, -0.25) is 14.4 Å². The third-order valence-electron chi connectivity index (χ3n) is 4.84. The molecule has 4 rings (SSSR count). The van der Waals surface area contributed by atoms with Gasteiger partial charge in [-0.05, 0) is 43.2 Å². The van der Waals surface area contributed by atoms with E-state index < -0.39 is 11.5 Å². The fraction of sp³-hybridized carbons (Fsp3) is 0.250. The predicted octanol–water partition coefficient (Wildman–Crippen LogP) is 2.45. The fourth-order valence-corrected chi connectivity index (χ4v) is 3.14. The summed E-state index contributed by atoms with van der Waals surface area (Å²) in [5, 5.41) is 16.2. The van der Waals surface area contributed by atoms with E-state index in [1.165, 1.54) is 0 Å². The van der Waals surface area contributed by atoms with Crippen LogP contribution in [0.25, 0.3) is 0 Å². The van der Waals surface area contributed by atoms with Crippen LogP contribution in [0, 0.1) is 5.92 Å². The number of para-hydroxylation sites is 1. The highest BCUT2D eigenvalue weighted by atomic mass is 16.3. The van der Waals surface area contributed by atoms with Gasteiger partial charge in [0.2, 0.25) is 5.91 Å². The SMILES string of the molecule is O=C(CC1(O)C(=O)Nc2ccccc21)c1ccc(NC(=O)C2CC2)cc1. The standard InChI is InChI=1S/C20H18N2O4/c23-17(11-20(26)15-3-1-2-4-16(15)22-19(20)25)12-7-9-14(10-8-12)21-18(24)13-5-6-13/h1-4,7-10,13,26H,5-6,11H2,(H,21,24)(H,22,25). The monoisotopic (exact) mass is 350 g/mol. The molecule has 2 aromatic rings. The molecule has 1 fully saturated rings. The molecule has 1 aliphatic carbocycles. The normalized spacial score (nSPS) is 21.0. The summed E-state index contributed by atoms with van der Waals surface area (Å²) in [6.07, 6.45) is 1.50. The maximum absolute atomic E-state index is 12.6. The minimum Gasteiger partial charge on any atom is -0.375 e. The molecular formula is C20H18N2O4. The van der Waals surface area contributed by atoms with Gasteiger partial charge in [-0.15, -0.1) is 0 Å². The number of nitrogens with one attached hydrogen (secondary N) is 2. The van der Waals surface area contributed by atoms with Crippen LogP contribution in [-0.2, 0) is 15.2 Å². The zero-order valence-electron chi connectivity index (χ0n) is 14.0. The van der Waals surface area contributed by atoms with Crippen molar-refractivity contribution in [2.75, 3.05) is 10.6 Å². The minimum atomic E-state index is -1.87. The van der Waals surface area contributed by atoms with Crippen LogP contribution in [0.2, 0.25) is 0 Å². The van der Waals surface area contributed by atoms with Gasteiger partial charge in [0, 0.05) is 28.4 Å². The van der Waals surface area contributed by atoms with Crippen molar-refractivity contribution in [1.29, 1.82) is 0 Å². The molecule has 3 N–H and O–H groups in total. The average Bonchev–Trinajstić information content (AvgIpc) is 3.44. The highest BCUT2D eigenvalue weighted by Gasteiger charge is 2.46. The van der Waals surface area contributed by atoms with Crippen LogP contribution in [0.5, 0.6) is 0 Å².